The first-order chi connectivity index (χ1) is 10.6. The third-order valence-corrected chi connectivity index (χ3v) is 4.35. The van der Waals surface area contributed by atoms with Gasteiger partial charge in [-0.15, -0.1) is 0 Å². The fraction of sp³-hybridized carbons (Fsp3) is 0.176. The van der Waals surface area contributed by atoms with Gasteiger partial charge in [0.15, 0.2) is 0 Å². The lowest BCUT2D eigenvalue weighted by atomic mass is 10.0. The Bertz CT molecular complexity index is 703. The largest absolute Gasteiger partial charge is 0.339 e. The SMILES string of the molecule is O=C1CN(Cc2ccccc2)C(=O)[C@H](c2ccccc2Br)N1. The lowest BCUT2D eigenvalue weighted by Crippen LogP contribution is -2.53. The second-order valence-corrected chi connectivity index (χ2v) is 6.06. The molecule has 3 rings (SSSR count). The normalized spacial score (nSPS) is 18.2. The van der Waals surface area contributed by atoms with Crippen LogP contribution in [0.3, 0.4) is 0 Å². The molecule has 112 valence electrons. The van der Waals surface area contributed by atoms with Crippen molar-refractivity contribution in [2.75, 3.05) is 6.54 Å². The van der Waals surface area contributed by atoms with E-state index in [1.165, 1.54) is 0 Å². The minimum Gasteiger partial charge on any atom is -0.339 e. The van der Waals surface area contributed by atoms with Gasteiger partial charge in [-0.25, -0.2) is 0 Å². The van der Waals surface area contributed by atoms with Gasteiger partial charge in [0.25, 0.3) is 5.91 Å². The zero-order chi connectivity index (χ0) is 15.5. The van der Waals surface area contributed by atoms with Crippen LogP contribution in [0.25, 0.3) is 0 Å². The Hall–Kier alpha value is -2.14. The fourth-order valence-corrected chi connectivity index (χ4v) is 3.07. The van der Waals surface area contributed by atoms with Crippen LogP contribution in [0.5, 0.6) is 0 Å². The second-order valence-electron chi connectivity index (χ2n) is 5.20. The molecule has 5 heteroatoms. The minimum absolute atomic E-state index is 0.0876. The maximum absolute atomic E-state index is 12.7. The molecule has 0 radical (unpaired) electrons. The molecule has 1 aliphatic rings. The van der Waals surface area contributed by atoms with E-state index in [1.54, 1.807) is 4.90 Å². The summed E-state index contributed by atoms with van der Waals surface area (Å²) in [5, 5.41) is 2.78. The summed E-state index contributed by atoms with van der Waals surface area (Å²) in [6, 6.07) is 16.5. The number of carbonyl (C=O) groups is 2. The highest BCUT2D eigenvalue weighted by atomic mass is 79.9. The van der Waals surface area contributed by atoms with E-state index in [0.717, 1.165) is 15.6 Å². The summed E-state index contributed by atoms with van der Waals surface area (Å²) >= 11 is 3.44. The number of nitrogens with one attached hydrogen (secondary N) is 1. The third kappa shape index (κ3) is 3.04. The van der Waals surface area contributed by atoms with Crippen molar-refractivity contribution in [3.05, 3.63) is 70.2 Å². The standard InChI is InChI=1S/C17H15BrN2O2/c18-14-9-5-4-8-13(14)16-17(22)20(11-15(21)19-16)10-12-6-2-1-3-7-12/h1-9,16H,10-11H2,(H,19,21)/t16-/m0/s1. The zero-order valence-corrected chi connectivity index (χ0v) is 13.4. The van der Waals surface area contributed by atoms with Gasteiger partial charge in [0, 0.05) is 11.0 Å². The highest BCUT2D eigenvalue weighted by molar-refractivity contribution is 9.10. The number of amides is 2. The summed E-state index contributed by atoms with van der Waals surface area (Å²) in [6.45, 7) is 0.530. The van der Waals surface area contributed by atoms with E-state index in [1.807, 2.05) is 54.6 Å². The molecule has 1 heterocycles. The predicted molar refractivity (Wildman–Crippen MR) is 86.9 cm³/mol. The molecule has 1 atom stereocenters. The third-order valence-electron chi connectivity index (χ3n) is 3.63. The molecular formula is C17H15BrN2O2. The number of carbonyl (C=O) groups excluding carboxylic acids is 2. The summed E-state index contributed by atoms with van der Waals surface area (Å²) in [5.74, 6) is -0.230. The Kier molecular flexibility index (Phi) is 4.24. The van der Waals surface area contributed by atoms with Gasteiger partial charge in [0.2, 0.25) is 5.91 Å². The van der Waals surface area contributed by atoms with Crippen LogP contribution in [0.4, 0.5) is 0 Å². The minimum atomic E-state index is -0.638. The van der Waals surface area contributed by atoms with Crippen LogP contribution < -0.4 is 5.32 Å². The second kappa shape index (κ2) is 6.32. The van der Waals surface area contributed by atoms with Crippen molar-refractivity contribution >= 4 is 27.7 Å². The molecular weight excluding hydrogens is 344 g/mol. The highest BCUT2D eigenvalue weighted by Gasteiger charge is 2.34. The van der Waals surface area contributed by atoms with Gasteiger partial charge in [-0.3, -0.25) is 9.59 Å². The number of benzene rings is 2. The molecule has 22 heavy (non-hydrogen) atoms. The van der Waals surface area contributed by atoms with Crippen molar-refractivity contribution in [3.8, 4) is 0 Å². The molecule has 0 aromatic heterocycles. The van der Waals surface area contributed by atoms with Crippen LogP contribution in [-0.2, 0) is 16.1 Å². The highest BCUT2D eigenvalue weighted by Crippen LogP contribution is 2.27. The van der Waals surface area contributed by atoms with Crippen molar-refractivity contribution in [2.45, 2.75) is 12.6 Å². The summed E-state index contributed by atoms with van der Waals surface area (Å²) in [6.07, 6.45) is 0. The van der Waals surface area contributed by atoms with Crippen LogP contribution in [0.2, 0.25) is 0 Å². The Morgan fingerprint density at radius 1 is 1.05 bits per heavy atom. The number of nitrogens with zero attached hydrogens (tertiary/aromatic N) is 1. The predicted octanol–water partition coefficient (Wildman–Crippen LogP) is 2.65. The summed E-state index contributed by atoms with van der Waals surface area (Å²) in [7, 11) is 0. The van der Waals surface area contributed by atoms with Crippen LogP contribution in [-0.4, -0.2) is 23.3 Å². The molecule has 4 nitrogen and oxygen atoms in total. The van der Waals surface area contributed by atoms with E-state index < -0.39 is 6.04 Å². The lowest BCUT2D eigenvalue weighted by Gasteiger charge is -2.33. The monoisotopic (exact) mass is 358 g/mol. The summed E-state index contributed by atoms with van der Waals surface area (Å²) in [4.78, 5) is 26.3. The Morgan fingerprint density at radius 2 is 1.73 bits per heavy atom. The lowest BCUT2D eigenvalue weighted by molar-refractivity contribution is -0.145. The molecule has 1 fully saturated rings. The first-order valence-corrected chi connectivity index (χ1v) is 7.81. The number of rotatable bonds is 3. The quantitative estimate of drug-likeness (QED) is 0.916. The van der Waals surface area contributed by atoms with Crippen molar-refractivity contribution in [1.82, 2.24) is 10.2 Å². The van der Waals surface area contributed by atoms with Gasteiger partial charge < -0.3 is 10.2 Å². The number of hydrogen-bond donors (Lipinski definition) is 1. The summed E-state index contributed by atoms with van der Waals surface area (Å²) in [5.41, 5.74) is 1.79. The number of halogens is 1. The molecule has 0 saturated carbocycles. The van der Waals surface area contributed by atoms with E-state index in [9.17, 15) is 9.59 Å². The molecule has 1 aliphatic heterocycles. The van der Waals surface area contributed by atoms with Gasteiger partial charge in [-0.1, -0.05) is 64.5 Å². The van der Waals surface area contributed by atoms with E-state index in [0.29, 0.717) is 6.54 Å². The van der Waals surface area contributed by atoms with Crippen LogP contribution in [0.15, 0.2) is 59.1 Å². The number of piperazine rings is 1. The maximum atomic E-state index is 12.7. The molecule has 0 unspecified atom stereocenters. The fourth-order valence-electron chi connectivity index (χ4n) is 2.56. The van der Waals surface area contributed by atoms with Crippen molar-refractivity contribution in [2.24, 2.45) is 0 Å². The van der Waals surface area contributed by atoms with Gasteiger partial charge in [-0.2, -0.15) is 0 Å². The molecule has 1 N–H and O–H groups in total. The van der Waals surface area contributed by atoms with Crippen molar-refractivity contribution < 1.29 is 9.59 Å². The van der Waals surface area contributed by atoms with Crippen molar-refractivity contribution in [3.63, 3.8) is 0 Å². The zero-order valence-electron chi connectivity index (χ0n) is 11.8. The van der Waals surface area contributed by atoms with Gasteiger partial charge >= 0.3 is 0 Å². The average molecular weight is 359 g/mol. The molecule has 0 bridgehead atoms. The molecule has 2 amide bonds. The van der Waals surface area contributed by atoms with E-state index >= 15 is 0 Å². The molecule has 0 aliphatic carbocycles. The first kappa shape index (κ1) is 14.8. The van der Waals surface area contributed by atoms with Gasteiger partial charge in [0.05, 0.1) is 6.54 Å². The van der Waals surface area contributed by atoms with E-state index in [-0.39, 0.29) is 18.4 Å². The molecule has 0 spiro atoms. The number of hydrogen-bond acceptors (Lipinski definition) is 2. The molecule has 2 aromatic carbocycles. The van der Waals surface area contributed by atoms with E-state index in [4.69, 9.17) is 0 Å². The van der Waals surface area contributed by atoms with Crippen LogP contribution >= 0.6 is 15.9 Å². The van der Waals surface area contributed by atoms with Gasteiger partial charge in [0.1, 0.15) is 6.04 Å². The maximum Gasteiger partial charge on any atom is 0.250 e. The topological polar surface area (TPSA) is 49.4 Å². The van der Waals surface area contributed by atoms with Crippen LogP contribution in [0.1, 0.15) is 17.2 Å². The first-order valence-electron chi connectivity index (χ1n) is 7.01. The Morgan fingerprint density at radius 3 is 2.45 bits per heavy atom. The molecule has 1 saturated heterocycles. The Balaban J connectivity index is 1.86. The Labute approximate surface area is 137 Å². The summed E-state index contributed by atoms with van der Waals surface area (Å²) < 4.78 is 0.815. The van der Waals surface area contributed by atoms with Crippen LogP contribution in [0, 0.1) is 0 Å². The molecule has 2 aromatic rings. The smallest absolute Gasteiger partial charge is 0.250 e. The van der Waals surface area contributed by atoms with E-state index in [2.05, 4.69) is 21.2 Å². The average Bonchev–Trinajstić information content (AvgIpc) is 2.52. The van der Waals surface area contributed by atoms with Gasteiger partial charge in [-0.05, 0) is 17.2 Å². The van der Waals surface area contributed by atoms with Crippen molar-refractivity contribution in [1.29, 1.82) is 0 Å².